The standard InChI is InChI=1S/C15H10F3NO2S/c16-10-4-3-5-11(8-10)22(20,21)19-9-13(15(17)18)12-6-1-2-7-14(12)19/h1-9,15H. The van der Waals surface area contributed by atoms with Gasteiger partial charge in [0.05, 0.1) is 10.4 Å². The van der Waals surface area contributed by atoms with Gasteiger partial charge in [0, 0.05) is 17.1 Å². The second-order valence-electron chi connectivity index (χ2n) is 4.66. The number of halogens is 3. The fourth-order valence-electron chi connectivity index (χ4n) is 2.29. The average molecular weight is 325 g/mol. The van der Waals surface area contributed by atoms with Gasteiger partial charge in [-0.3, -0.25) is 0 Å². The lowest BCUT2D eigenvalue weighted by atomic mass is 10.2. The van der Waals surface area contributed by atoms with Crippen LogP contribution in [0.1, 0.15) is 12.0 Å². The summed E-state index contributed by atoms with van der Waals surface area (Å²) in [4.78, 5) is -0.297. The molecule has 0 atom stereocenters. The van der Waals surface area contributed by atoms with Crippen molar-refractivity contribution in [1.82, 2.24) is 3.97 Å². The van der Waals surface area contributed by atoms with Gasteiger partial charge in [-0.05, 0) is 24.3 Å². The summed E-state index contributed by atoms with van der Waals surface area (Å²) in [5.41, 5.74) is -0.252. The van der Waals surface area contributed by atoms with Gasteiger partial charge in [-0.15, -0.1) is 0 Å². The molecule has 3 nitrogen and oxygen atoms in total. The Morgan fingerprint density at radius 2 is 1.73 bits per heavy atom. The quantitative estimate of drug-likeness (QED) is 0.731. The van der Waals surface area contributed by atoms with E-state index in [1.54, 1.807) is 12.1 Å². The van der Waals surface area contributed by atoms with Gasteiger partial charge in [-0.1, -0.05) is 24.3 Å². The van der Waals surface area contributed by atoms with Crippen LogP contribution in [0.3, 0.4) is 0 Å². The number of para-hydroxylation sites is 1. The van der Waals surface area contributed by atoms with Crippen molar-refractivity contribution >= 4 is 20.9 Å². The van der Waals surface area contributed by atoms with E-state index in [2.05, 4.69) is 0 Å². The Hall–Kier alpha value is -2.28. The van der Waals surface area contributed by atoms with E-state index in [0.717, 1.165) is 22.3 Å². The topological polar surface area (TPSA) is 39.1 Å². The molecule has 3 rings (SSSR count). The van der Waals surface area contributed by atoms with Gasteiger partial charge in [0.2, 0.25) is 0 Å². The second kappa shape index (κ2) is 5.17. The molecular formula is C15H10F3NO2S. The molecule has 0 N–H and O–H groups in total. The third-order valence-electron chi connectivity index (χ3n) is 3.30. The van der Waals surface area contributed by atoms with Crippen LogP contribution in [0.15, 0.2) is 59.6 Å². The summed E-state index contributed by atoms with van der Waals surface area (Å²) >= 11 is 0. The maximum Gasteiger partial charge on any atom is 0.268 e. The molecule has 0 spiro atoms. The first-order chi connectivity index (χ1) is 10.4. The van der Waals surface area contributed by atoms with Crippen LogP contribution in [0.4, 0.5) is 13.2 Å². The molecule has 1 heterocycles. The van der Waals surface area contributed by atoms with Gasteiger partial charge >= 0.3 is 0 Å². The lowest BCUT2D eigenvalue weighted by molar-refractivity contribution is 0.153. The van der Waals surface area contributed by atoms with Crippen molar-refractivity contribution < 1.29 is 21.6 Å². The highest BCUT2D eigenvalue weighted by Crippen LogP contribution is 2.32. The highest BCUT2D eigenvalue weighted by atomic mass is 32.2. The summed E-state index contributed by atoms with van der Waals surface area (Å²) in [5, 5.41) is 0.150. The molecule has 22 heavy (non-hydrogen) atoms. The highest BCUT2D eigenvalue weighted by Gasteiger charge is 2.24. The zero-order valence-corrected chi connectivity index (χ0v) is 11.9. The van der Waals surface area contributed by atoms with Crippen LogP contribution in [0.5, 0.6) is 0 Å². The predicted molar refractivity (Wildman–Crippen MR) is 75.9 cm³/mol. The third kappa shape index (κ3) is 2.27. The Morgan fingerprint density at radius 1 is 1.00 bits per heavy atom. The number of alkyl halides is 2. The summed E-state index contributed by atoms with van der Waals surface area (Å²) in [6.07, 6.45) is -1.93. The van der Waals surface area contributed by atoms with Crippen LogP contribution in [-0.4, -0.2) is 12.4 Å². The van der Waals surface area contributed by atoms with E-state index < -0.39 is 22.3 Å². The van der Waals surface area contributed by atoms with Crippen LogP contribution in [0, 0.1) is 5.82 Å². The molecular weight excluding hydrogens is 315 g/mol. The molecule has 0 fully saturated rings. The minimum Gasteiger partial charge on any atom is -0.241 e. The molecule has 0 saturated heterocycles. The fourth-order valence-corrected chi connectivity index (χ4v) is 3.70. The van der Waals surface area contributed by atoms with Crippen LogP contribution >= 0.6 is 0 Å². The first-order valence-corrected chi connectivity index (χ1v) is 7.74. The van der Waals surface area contributed by atoms with Crippen molar-refractivity contribution in [3.8, 4) is 0 Å². The normalized spacial score (nSPS) is 12.2. The molecule has 3 aromatic rings. The molecule has 0 amide bonds. The number of nitrogens with zero attached hydrogens (tertiary/aromatic N) is 1. The summed E-state index contributed by atoms with van der Waals surface area (Å²) in [7, 11) is -4.16. The first-order valence-electron chi connectivity index (χ1n) is 6.30. The molecule has 0 unspecified atom stereocenters. The monoisotopic (exact) mass is 325 g/mol. The molecule has 114 valence electrons. The van der Waals surface area contributed by atoms with E-state index in [0.29, 0.717) is 0 Å². The van der Waals surface area contributed by atoms with E-state index >= 15 is 0 Å². The van der Waals surface area contributed by atoms with Gasteiger partial charge in [-0.2, -0.15) is 0 Å². The number of rotatable bonds is 3. The molecule has 0 aliphatic carbocycles. The number of hydrogen-bond donors (Lipinski definition) is 0. The molecule has 0 aliphatic heterocycles. The lowest BCUT2D eigenvalue weighted by Crippen LogP contribution is -2.12. The van der Waals surface area contributed by atoms with Crippen molar-refractivity contribution in [2.24, 2.45) is 0 Å². The minimum atomic E-state index is -4.16. The van der Waals surface area contributed by atoms with Crippen LogP contribution in [0.25, 0.3) is 10.9 Å². The molecule has 1 aromatic heterocycles. The van der Waals surface area contributed by atoms with Crippen molar-refractivity contribution in [2.45, 2.75) is 11.3 Å². The van der Waals surface area contributed by atoms with Crippen molar-refractivity contribution in [3.05, 3.63) is 66.1 Å². The molecule has 0 radical (unpaired) electrons. The highest BCUT2D eigenvalue weighted by molar-refractivity contribution is 7.90. The number of aromatic nitrogens is 1. The number of hydrogen-bond acceptors (Lipinski definition) is 2. The van der Waals surface area contributed by atoms with Gasteiger partial charge < -0.3 is 0 Å². The third-order valence-corrected chi connectivity index (χ3v) is 4.97. The molecule has 7 heteroatoms. The van der Waals surface area contributed by atoms with Crippen LogP contribution < -0.4 is 0 Å². The Kier molecular flexibility index (Phi) is 3.44. The Labute approximate surface area is 124 Å². The minimum absolute atomic E-state index is 0.127. The predicted octanol–water partition coefficient (Wildman–Crippen LogP) is 3.96. The average Bonchev–Trinajstić information content (AvgIpc) is 2.87. The number of fused-ring (bicyclic) bond motifs is 1. The second-order valence-corrected chi connectivity index (χ2v) is 6.48. The Balaban J connectivity index is 2.30. The lowest BCUT2D eigenvalue weighted by Gasteiger charge is -2.07. The summed E-state index contributed by atoms with van der Waals surface area (Å²) in [5.74, 6) is -0.716. The Bertz CT molecular complexity index is 948. The fraction of sp³-hybridized carbons (Fsp3) is 0.0667. The van der Waals surface area contributed by atoms with E-state index in [1.807, 2.05) is 0 Å². The van der Waals surface area contributed by atoms with Crippen molar-refractivity contribution in [2.75, 3.05) is 0 Å². The van der Waals surface area contributed by atoms with E-state index in [-0.39, 0.29) is 21.4 Å². The van der Waals surface area contributed by atoms with Crippen molar-refractivity contribution in [3.63, 3.8) is 0 Å². The largest absolute Gasteiger partial charge is 0.268 e. The van der Waals surface area contributed by atoms with E-state index in [1.165, 1.54) is 24.3 Å². The smallest absolute Gasteiger partial charge is 0.241 e. The summed E-state index contributed by atoms with van der Waals surface area (Å²) in [6, 6.07) is 10.4. The SMILES string of the molecule is O=S(=O)(c1cccc(F)c1)n1cc(C(F)F)c2ccccc21. The molecule has 2 aromatic carbocycles. The van der Waals surface area contributed by atoms with Crippen LogP contribution in [-0.2, 0) is 10.0 Å². The molecule has 0 bridgehead atoms. The maximum atomic E-state index is 13.3. The number of benzene rings is 2. The first kappa shape index (κ1) is 14.6. The van der Waals surface area contributed by atoms with Crippen LogP contribution in [0.2, 0.25) is 0 Å². The van der Waals surface area contributed by atoms with E-state index in [4.69, 9.17) is 0 Å². The zero-order chi connectivity index (χ0) is 15.9. The Morgan fingerprint density at radius 3 is 2.41 bits per heavy atom. The van der Waals surface area contributed by atoms with Crippen molar-refractivity contribution in [1.29, 1.82) is 0 Å². The summed E-state index contributed by atoms with van der Waals surface area (Å²) < 4.78 is 65.4. The van der Waals surface area contributed by atoms with E-state index in [9.17, 15) is 21.6 Å². The summed E-state index contributed by atoms with van der Waals surface area (Å²) in [6.45, 7) is 0. The van der Waals surface area contributed by atoms with Gasteiger partial charge in [0.15, 0.2) is 0 Å². The zero-order valence-electron chi connectivity index (χ0n) is 11.1. The van der Waals surface area contributed by atoms with Gasteiger partial charge in [-0.25, -0.2) is 25.6 Å². The molecule has 0 saturated carbocycles. The molecule has 0 aliphatic rings. The van der Waals surface area contributed by atoms with Gasteiger partial charge in [0.1, 0.15) is 5.82 Å². The maximum absolute atomic E-state index is 13.3. The van der Waals surface area contributed by atoms with Gasteiger partial charge in [0.25, 0.3) is 16.4 Å².